The molecule has 27 heavy (non-hydrogen) atoms. The van der Waals surface area contributed by atoms with E-state index in [0.29, 0.717) is 17.8 Å². The Morgan fingerprint density at radius 2 is 1.63 bits per heavy atom. The molecule has 5 heteroatoms. The topological polar surface area (TPSA) is 49.4 Å². The molecule has 0 bridgehead atoms. The molecule has 3 rings (SSSR count). The lowest BCUT2D eigenvalue weighted by atomic mass is 10.1. The maximum absolute atomic E-state index is 13.7. The van der Waals surface area contributed by atoms with E-state index in [0.717, 1.165) is 5.56 Å². The minimum atomic E-state index is -0.593. The molecule has 3 aromatic rings. The van der Waals surface area contributed by atoms with Crippen molar-refractivity contribution in [3.8, 4) is 0 Å². The van der Waals surface area contributed by atoms with E-state index in [2.05, 4.69) is 5.32 Å². The third-order valence-electron chi connectivity index (χ3n) is 4.10. The molecule has 2 amide bonds. The summed E-state index contributed by atoms with van der Waals surface area (Å²) in [5.74, 6) is -1.32. The molecule has 0 aliphatic heterocycles. The van der Waals surface area contributed by atoms with Gasteiger partial charge in [-0.3, -0.25) is 9.59 Å². The zero-order valence-electron chi connectivity index (χ0n) is 14.9. The predicted octanol–water partition coefficient (Wildman–Crippen LogP) is 4.35. The molecule has 0 aromatic heterocycles. The van der Waals surface area contributed by atoms with Gasteiger partial charge in [0.1, 0.15) is 5.82 Å². The molecule has 0 aliphatic carbocycles. The Bertz CT molecular complexity index is 957. The number of carbonyl (C=O) groups excluding carboxylic acids is 2. The molecule has 0 aliphatic rings. The molecule has 1 N–H and O–H groups in total. The van der Waals surface area contributed by atoms with Gasteiger partial charge in [0.25, 0.3) is 11.8 Å². The molecule has 0 spiro atoms. The number of hydrogen-bond donors (Lipinski definition) is 1. The molecule has 0 unspecified atom stereocenters. The Labute approximate surface area is 157 Å². The normalized spacial score (nSPS) is 10.3. The van der Waals surface area contributed by atoms with E-state index in [1.165, 1.54) is 18.2 Å². The molecule has 4 nitrogen and oxygen atoms in total. The Kier molecular flexibility index (Phi) is 5.61. The first kappa shape index (κ1) is 18.3. The van der Waals surface area contributed by atoms with E-state index >= 15 is 0 Å². The molecule has 0 radical (unpaired) electrons. The molecule has 3 aromatic carbocycles. The zero-order chi connectivity index (χ0) is 19.2. The number of carbonyl (C=O) groups is 2. The second kappa shape index (κ2) is 8.27. The number of nitrogens with one attached hydrogen (secondary N) is 1. The van der Waals surface area contributed by atoms with Crippen LogP contribution in [0.5, 0.6) is 0 Å². The van der Waals surface area contributed by atoms with Gasteiger partial charge in [0.2, 0.25) is 0 Å². The average Bonchev–Trinajstić information content (AvgIpc) is 2.68. The fourth-order valence-electron chi connectivity index (χ4n) is 2.72. The highest BCUT2D eigenvalue weighted by molar-refractivity contribution is 6.05. The highest BCUT2D eigenvalue weighted by Crippen LogP contribution is 2.16. The van der Waals surface area contributed by atoms with E-state index in [4.69, 9.17) is 0 Å². The van der Waals surface area contributed by atoms with Crippen molar-refractivity contribution in [2.24, 2.45) is 0 Å². The maximum Gasteiger partial charge on any atom is 0.258 e. The van der Waals surface area contributed by atoms with Crippen LogP contribution in [0.1, 0.15) is 26.3 Å². The summed E-state index contributed by atoms with van der Waals surface area (Å²) < 4.78 is 13.7. The lowest BCUT2D eigenvalue weighted by Gasteiger charge is -2.18. The number of hydrogen-bond acceptors (Lipinski definition) is 2. The van der Waals surface area contributed by atoms with Gasteiger partial charge in [-0.2, -0.15) is 0 Å². The number of halogens is 1. The van der Waals surface area contributed by atoms with Gasteiger partial charge in [0, 0.05) is 24.8 Å². The molecular formula is C22H19FN2O2. The van der Waals surface area contributed by atoms with Gasteiger partial charge in [0.05, 0.1) is 5.56 Å². The van der Waals surface area contributed by atoms with Crippen LogP contribution >= 0.6 is 0 Å². The second-order valence-electron chi connectivity index (χ2n) is 6.16. The first-order chi connectivity index (χ1) is 13.0. The highest BCUT2D eigenvalue weighted by Gasteiger charge is 2.15. The van der Waals surface area contributed by atoms with Crippen LogP contribution in [0.15, 0.2) is 78.9 Å². The number of benzene rings is 3. The third kappa shape index (κ3) is 4.58. The Morgan fingerprint density at radius 3 is 2.37 bits per heavy atom. The van der Waals surface area contributed by atoms with Crippen LogP contribution in [-0.4, -0.2) is 23.8 Å². The second-order valence-corrected chi connectivity index (χ2v) is 6.16. The summed E-state index contributed by atoms with van der Waals surface area (Å²) in [6, 6.07) is 22.0. The minimum absolute atomic E-state index is 0.0459. The maximum atomic E-state index is 13.7. The summed E-state index contributed by atoms with van der Waals surface area (Å²) >= 11 is 0. The molecule has 0 saturated carbocycles. The standard InChI is InChI=1S/C22H19FN2O2/c1-25(15-16-8-3-2-4-9-16)22(27)17-10-7-11-18(14-17)24-21(26)19-12-5-6-13-20(19)23/h2-14H,15H2,1H3,(H,24,26). The summed E-state index contributed by atoms with van der Waals surface area (Å²) in [5, 5.41) is 2.63. The quantitative estimate of drug-likeness (QED) is 0.734. The fourth-order valence-corrected chi connectivity index (χ4v) is 2.72. The number of amides is 2. The van der Waals surface area contributed by atoms with Gasteiger partial charge in [-0.1, -0.05) is 48.5 Å². The van der Waals surface area contributed by atoms with Crippen LogP contribution in [0.3, 0.4) is 0 Å². The van der Waals surface area contributed by atoms with Crippen LogP contribution in [0, 0.1) is 5.82 Å². The molecular weight excluding hydrogens is 343 g/mol. The van der Waals surface area contributed by atoms with Gasteiger partial charge in [-0.05, 0) is 35.9 Å². The van der Waals surface area contributed by atoms with Gasteiger partial charge in [-0.15, -0.1) is 0 Å². The molecule has 0 heterocycles. The fraction of sp³-hybridized carbons (Fsp3) is 0.0909. The largest absolute Gasteiger partial charge is 0.337 e. The summed E-state index contributed by atoms with van der Waals surface area (Å²) in [6.07, 6.45) is 0. The smallest absolute Gasteiger partial charge is 0.258 e. The van der Waals surface area contributed by atoms with Gasteiger partial charge in [0.15, 0.2) is 0 Å². The zero-order valence-corrected chi connectivity index (χ0v) is 14.9. The first-order valence-electron chi connectivity index (χ1n) is 8.50. The van der Waals surface area contributed by atoms with E-state index in [-0.39, 0.29) is 11.5 Å². The van der Waals surface area contributed by atoms with Gasteiger partial charge < -0.3 is 10.2 Å². The lowest BCUT2D eigenvalue weighted by molar-refractivity contribution is 0.0784. The van der Waals surface area contributed by atoms with Crippen molar-refractivity contribution in [1.82, 2.24) is 4.90 Å². The van der Waals surface area contributed by atoms with E-state index in [1.54, 1.807) is 42.3 Å². The number of nitrogens with zero attached hydrogens (tertiary/aromatic N) is 1. The van der Waals surface area contributed by atoms with Crippen LogP contribution in [0.25, 0.3) is 0 Å². The van der Waals surface area contributed by atoms with Gasteiger partial charge in [-0.25, -0.2) is 4.39 Å². The number of rotatable bonds is 5. The Hall–Kier alpha value is -3.47. The molecule has 0 atom stereocenters. The summed E-state index contributed by atoms with van der Waals surface area (Å²) in [4.78, 5) is 26.5. The summed E-state index contributed by atoms with van der Waals surface area (Å²) in [6.45, 7) is 0.478. The Morgan fingerprint density at radius 1 is 0.926 bits per heavy atom. The van der Waals surface area contributed by atoms with Crippen molar-refractivity contribution < 1.29 is 14.0 Å². The van der Waals surface area contributed by atoms with E-state index < -0.39 is 11.7 Å². The van der Waals surface area contributed by atoms with Crippen LogP contribution in [0.4, 0.5) is 10.1 Å². The van der Waals surface area contributed by atoms with Crippen molar-refractivity contribution in [3.05, 3.63) is 101 Å². The predicted molar refractivity (Wildman–Crippen MR) is 103 cm³/mol. The monoisotopic (exact) mass is 362 g/mol. The van der Waals surface area contributed by atoms with Crippen molar-refractivity contribution in [2.45, 2.75) is 6.54 Å². The molecule has 136 valence electrons. The van der Waals surface area contributed by atoms with Crippen molar-refractivity contribution >= 4 is 17.5 Å². The molecule has 0 fully saturated rings. The van der Waals surface area contributed by atoms with Crippen LogP contribution in [0.2, 0.25) is 0 Å². The van der Waals surface area contributed by atoms with Crippen molar-refractivity contribution in [1.29, 1.82) is 0 Å². The van der Waals surface area contributed by atoms with Crippen LogP contribution in [-0.2, 0) is 6.54 Å². The SMILES string of the molecule is CN(Cc1ccccc1)C(=O)c1cccc(NC(=O)c2ccccc2F)c1. The lowest BCUT2D eigenvalue weighted by Crippen LogP contribution is -2.26. The number of anilines is 1. The summed E-state index contributed by atoms with van der Waals surface area (Å²) in [5.41, 5.74) is 1.86. The summed E-state index contributed by atoms with van der Waals surface area (Å²) in [7, 11) is 1.72. The van der Waals surface area contributed by atoms with E-state index in [9.17, 15) is 14.0 Å². The third-order valence-corrected chi connectivity index (χ3v) is 4.10. The van der Waals surface area contributed by atoms with Crippen molar-refractivity contribution in [2.75, 3.05) is 12.4 Å². The highest BCUT2D eigenvalue weighted by atomic mass is 19.1. The Balaban J connectivity index is 1.72. The van der Waals surface area contributed by atoms with Gasteiger partial charge >= 0.3 is 0 Å². The van der Waals surface area contributed by atoms with Crippen molar-refractivity contribution in [3.63, 3.8) is 0 Å². The first-order valence-corrected chi connectivity index (χ1v) is 8.50. The molecule has 0 saturated heterocycles. The van der Waals surface area contributed by atoms with E-state index in [1.807, 2.05) is 30.3 Å². The minimum Gasteiger partial charge on any atom is -0.337 e. The van der Waals surface area contributed by atoms with Crippen LogP contribution < -0.4 is 5.32 Å². The average molecular weight is 362 g/mol.